The minimum Gasteiger partial charge on any atom is -0.324 e. The fourth-order valence-corrected chi connectivity index (χ4v) is 2.90. The predicted octanol–water partition coefficient (Wildman–Crippen LogP) is 3.84. The molecule has 1 heteroatoms. The Morgan fingerprint density at radius 1 is 0.769 bits per heavy atom. The third-order valence-corrected chi connectivity index (χ3v) is 4.23. The Morgan fingerprint density at radius 3 is 1.81 bits per heavy atom. The zero-order chi connectivity index (χ0) is 18.0. The molecule has 1 atom stereocenters. The highest BCUT2D eigenvalue weighted by Gasteiger charge is 2.03. The Morgan fingerprint density at radius 2 is 1.27 bits per heavy atom. The van der Waals surface area contributed by atoms with Crippen molar-refractivity contribution in [2.45, 2.75) is 6.54 Å². The molecule has 0 heterocycles. The highest BCUT2D eigenvalue weighted by molar-refractivity contribution is 5.81. The van der Waals surface area contributed by atoms with Crippen LogP contribution in [0.3, 0.4) is 0 Å². The molecule has 1 unspecified atom stereocenters. The Balaban J connectivity index is 1.72. The van der Waals surface area contributed by atoms with Gasteiger partial charge in [0.25, 0.3) is 0 Å². The van der Waals surface area contributed by atoms with Crippen LogP contribution >= 0.6 is 0 Å². The molecule has 0 aliphatic rings. The van der Waals surface area contributed by atoms with E-state index in [0.29, 0.717) is 0 Å². The molecule has 0 amide bonds. The van der Waals surface area contributed by atoms with Crippen molar-refractivity contribution < 1.29 is 4.90 Å². The number of hydrogen-bond acceptors (Lipinski definition) is 0. The van der Waals surface area contributed by atoms with Crippen molar-refractivity contribution in [3.63, 3.8) is 0 Å². The molecule has 26 heavy (non-hydrogen) atoms. The Hall–Kier alpha value is -3.08. The van der Waals surface area contributed by atoms with E-state index in [1.165, 1.54) is 27.2 Å². The van der Waals surface area contributed by atoms with Crippen molar-refractivity contribution in [2.75, 3.05) is 13.6 Å². The fourth-order valence-electron chi connectivity index (χ4n) is 2.90. The average Bonchev–Trinajstić information content (AvgIpc) is 2.70. The second-order valence-electron chi connectivity index (χ2n) is 6.41. The van der Waals surface area contributed by atoms with Gasteiger partial charge < -0.3 is 4.90 Å². The lowest BCUT2D eigenvalue weighted by Crippen LogP contribution is -3.07. The number of quaternary nitrogens is 1. The molecule has 3 rings (SSSR count). The lowest BCUT2D eigenvalue weighted by Gasteiger charge is -2.10. The molecule has 0 aromatic heterocycles. The molecule has 0 aliphatic carbocycles. The average molecular weight is 338 g/mol. The molecule has 0 radical (unpaired) electrons. The van der Waals surface area contributed by atoms with E-state index in [4.69, 9.17) is 0 Å². The largest absolute Gasteiger partial charge is 0.324 e. The minimum atomic E-state index is 0.822. The predicted molar refractivity (Wildman–Crippen MR) is 110 cm³/mol. The zero-order valence-corrected chi connectivity index (χ0v) is 15.2. The summed E-state index contributed by atoms with van der Waals surface area (Å²) >= 11 is 0. The Labute approximate surface area is 156 Å². The van der Waals surface area contributed by atoms with E-state index in [9.17, 15) is 0 Å². The second-order valence-corrected chi connectivity index (χ2v) is 6.41. The quantitative estimate of drug-likeness (QED) is 0.674. The van der Waals surface area contributed by atoms with E-state index in [-0.39, 0.29) is 0 Å². The molecular weight excluding hydrogens is 314 g/mol. The van der Waals surface area contributed by atoms with E-state index < -0.39 is 0 Å². The first-order chi connectivity index (χ1) is 12.8. The standard InChI is InChI=1S/C25H23N/c1-26(21-22-13-5-2-6-14-22)20-12-11-19-25(23-15-7-3-8-16-23)24-17-9-4-10-18-24/h2-10,13-19H,20-21H2,1H3/p+1. The van der Waals surface area contributed by atoms with Gasteiger partial charge in [-0.1, -0.05) is 96.9 Å². The highest BCUT2D eigenvalue weighted by Crippen LogP contribution is 2.22. The van der Waals surface area contributed by atoms with Crippen molar-refractivity contribution >= 4 is 5.57 Å². The summed E-state index contributed by atoms with van der Waals surface area (Å²) in [5.74, 6) is 6.58. The first kappa shape index (κ1) is 17.7. The van der Waals surface area contributed by atoms with E-state index >= 15 is 0 Å². The van der Waals surface area contributed by atoms with Crippen LogP contribution in [0, 0.1) is 11.8 Å². The second kappa shape index (κ2) is 9.42. The van der Waals surface area contributed by atoms with Gasteiger partial charge in [0.2, 0.25) is 0 Å². The molecule has 3 aromatic carbocycles. The van der Waals surface area contributed by atoms with E-state index in [2.05, 4.69) is 97.8 Å². The number of benzene rings is 3. The van der Waals surface area contributed by atoms with Gasteiger partial charge in [0.15, 0.2) is 0 Å². The molecule has 0 saturated carbocycles. The molecule has 0 saturated heterocycles. The van der Waals surface area contributed by atoms with Gasteiger partial charge in [-0.3, -0.25) is 0 Å². The van der Waals surface area contributed by atoms with Gasteiger partial charge in [-0.05, 0) is 28.7 Å². The van der Waals surface area contributed by atoms with Crippen molar-refractivity contribution in [2.24, 2.45) is 0 Å². The molecule has 1 N–H and O–H groups in total. The minimum absolute atomic E-state index is 0.822. The van der Waals surface area contributed by atoms with Crippen molar-refractivity contribution in [3.05, 3.63) is 114 Å². The summed E-state index contributed by atoms with van der Waals surface area (Å²) in [6.07, 6.45) is 2.04. The first-order valence-electron chi connectivity index (χ1n) is 8.97. The summed E-state index contributed by atoms with van der Waals surface area (Å²) < 4.78 is 0. The topological polar surface area (TPSA) is 4.44 Å². The smallest absolute Gasteiger partial charge is 0.139 e. The van der Waals surface area contributed by atoms with Gasteiger partial charge in [-0.15, -0.1) is 0 Å². The summed E-state index contributed by atoms with van der Waals surface area (Å²) in [5, 5.41) is 0. The summed E-state index contributed by atoms with van der Waals surface area (Å²) in [7, 11) is 2.18. The maximum Gasteiger partial charge on any atom is 0.139 e. The number of nitrogens with one attached hydrogen (secondary N) is 1. The monoisotopic (exact) mass is 338 g/mol. The van der Waals surface area contributed by atoms with Crippen molar-refractivity contribution in [3.8, 4) is 11.8 Å². The third-order valence-electron chi connectivity index (χ3n) is 4.23. The molecule has 1 nitrogen and oxygen atoms in total. The molecule has 0 aliphatic heterocycles. The zero-order valence-electron chi connectivity index (χ0n) is 15.2. The van der Waals surface area contributed by atoms with Gasteiger partial charge in [0, 0.05) is 5.56 Å². The highest BCUT2D eigenvalue weighted by atomic mass is 15.1. The maximum atomic E-state index is 3.31. The van der Waals surface area contributed by atoms with Crippen LogP contribution in [0.5, 0.6) is 0 Å². The Kier molecular flexibility index (Phi) is 6.42. The van der Waals surface area contributed by atoms with Crippen LogP contribution in [0.25, 0.3) is 5.57 Å². The van der Waals surface area contributed by atoms with Crippen LogP contribution in [0.1, 0.15) is 16.7 Å². The summed E-state index contributed by atoms with van der Waals surface area (Å²) in [5.41, 5.74) is 4.90. The van der Waals surface area contributed by atoms with Gasteiger partial charge in [0.05, 0.1) is 7.05 Å². The number of hydrogen-bond donors (Lipinski definition) is 1. The van der Waals surface area contributed by atoms with Gasteiger partial charge >= 0.3 is 0 Å². The van der Waals surface area contributed by atoms with Crippen LogP contribution < -0.4 is 4.90 Å². The van der Waals surface area contributed by atoms with Crippen LogP contribution in [-0.4, -0.2) is 13.6 Å². The lowest BCUT2D eigenvalue weighted by atomic mass is 9.98. The van der Waals surface area contributed by atoms with Gasteiger partial charge in [0.1, 0.15) is 13.1 Å². The molecule has 3 aromatic rings. The number of rotatable bonds is 5. The molecular formula is C25H24N+. The molecule has 128 valence electrons. The number of allylic oxidation sites excluding steroid dienone is 1. The fraction of sp³-hybridized carbons (Fsp3) is 0.120. The van der Waals surface area contributed by atoms with Crippen LogP contribution in [0.2, 0.25) is 0 Å². The van der Waals surface area contributed by atoms with Gasteiger partial charge in [-0.25, -0.2) is 0 Å². The molecule has 0 spiro atoms. The summed E-state index contributed by atoms with van der Waals surface area (Å²) in [6.45, 7) is 1.81. The van der Waals surface area contributed by atoms with E-state index in [0.717, 1.165) is 13.1 Å². The molecule has 0 fully saturated rings. The van der Waals surface area contributed by atoms with Gasteiger partial charge in [-0.2, -0.15) is 0 Å². The normalized spacial score (nSPS) is 11.1. The van der Waals surface area contributed by atoms with Crippen LogP contribution in [-0.2, 0) is 6.54 Å². The van der Waals surface area contributed by atoms with E-state index in [1.807, 2.05) is 18.2 Å². The third kappa shape index (κ3) is 5.21. The summed E-state index contributed by atoms with van der Waals surface area (Å²) in [4.78, 5) is 1.39. The first-order valence-corrected chi connectivity index (χ1v) is 8.97. The van der Waals surface area contributed by atoms with Crippen LogP contribution in [0.15, 0.2) is 97.1 Å². The Bertz CT molecular complexity index is 843. The summed E-state index contributed by atoms with van der Waals surface area (Å²) in [6, 6.07) is 31.4. The molecule has 0 bridgehead atoms. The maximum absolute atomic E-state index is 3.31. The van der Waals surface area contributed by atoms with Crippen LogP contribution in [0.4, 0.5) is 0 Å². The lowest BCUT2D eigenvalue weighted by molar-refractivity contribution is -0.886. The SMILES string of the molecule is C[NH+](CC#CC=C(c1ccccc1)c1ccccc1)Cc1ccccc1. The van der Waals surface area contributed by atoms with Crippen molar-refractivity contribution in [1.82, 2.24) is 0 Å². The van der Waals surface area contributed by atoms with Crippen molar-refractivity contribution in [1.29, 1.82) is 0 Å². The van der Waals surface area contributed by atoms with E-state index in [1.54, 1.807) is 0 Å².